The molecule has 0 aliphatic carbocycles. The number of guanidine groups is 2. The SMILES string of the molecule is CCCCN(CCCC)C(=N)N=C(N)N.Cl. The summed E-state index contributed by atoms with van der Waals surface area (Å²) in [6.45, 7) is 5.96. The van der Waals surface area contributed by atoms with Crippen LogP contribution in [0, 0.1) is 5.41 Å². The summed E-state index contributed by atoms with van der Waals surface area (Å²) in [6, 6.07) is 0. The molecule has 0 atom stereocenters. The molecule has 0 heterocycles. The molecule has 0 fully saturated rings. The molecule has 0 aromatic heterocycles. The fourth-order valence-corrected chi connectivity index (χ4v) is 1.21. The maximum Gasteiger partial charge on any atom is 0.221 e. The number of aliphatic imine (C=N–C) groups is 1. The molecule has 0 saturated heterocycles. The van der Waals surface area contributed by atoms with E-state index in [4.69, 9.17) is 16.9 Å². The van der Waals surface area contributed by atoms with Gasteiger partial charge in [-0.2, -0.15) is 4.99 Å². The second-order valence-electron chi connectivity index (χ2n) is 3.55. The number of nitrogens with two attached hydrogens (primary N) is 2. The highest BCUT2D eigenvalue weighted by Gasteiger charge is 2.07. The van der Waals surface area contributed by atoms with Crippen molar-refractivity contribution in [3.05, 3.63) is 0 Å². The Hall–Kier alpha value is -0.970. The molecule has 96 valence electrons. The van der Waals surface area contributed by atoms with Crippen LogP contribution >= 0.6 is 12.4 Å². The van der Waals surface area contributed by atoms with E-state index < -0.39 is 0 Å². The third kappa shape index (κ3) is 8.35. The molecule has 6 heteroatoms. The van der Waals surface area contributed by atoms with Crippen molar-refractivity contribution in [3.63, 3.8) is 0 Å². The summed E-state index contributed by atoms with van der Waals surface area (Å²) in [5, 5.41) is 7.71. The van der Waals surface area contributed by atoms with Crippen LogP contribution in [-0.2, 0) is 0 Å². The smallest absolute Gasteiger partial charge is 0.221 e. The first-order valence-corrected chi connectivity index (χ1v) is 5.54. The van der Waals surface area contributed by atoms with Gasteiger partial charge < -0.3 is 16.4 Å². The minimum atomic E-state index is -0.0435. The molecule has 0 aliphatic heterocycles. The van der Waals surface area contributed by atoms with Crippen molar-refractivity contribution in [2.75, 3.05) is 13.1 Å². The van der Waals surface area contributed by atoms with E-state index in [0.717, 1.165) is 38.8 Å². The fraction of sp³-hybridized carbons (Fsp3) is 0.800. The van der Waals surface area contributed by atoms with Crippen molar-refractivity contribution >= 4 is 24.3 Å². The lowest BCUT2D eigenvalue weighted by atomic mass is 10.3. The summed E-state index contributed by atoms with van der Waals surface area (Å²) >= 11 is 0. The zero-order valence-electron chi connectivity index (χ0n) is 10.2. The summed E-state index contributed by atoms with van der Waals surface area (Å²) < 4.78 is 0. The summed E-state index contributed by atoms with van der Waals surface area (Å²) in [4.78, 5) is 5.69. The highest BCUT2D eigenvalue weighted by Crippen LogP contribution is 2.00. The van der Waals surface area contributed by atoms with Crippen molar-refractivity contribution in [2.24, 2.45) is 16.5 Å². The highest BCUT2D eigenvalue weighted by molar-refractivity contribution is 5.91. The van der Waals surface area contributed by atoms with Gasteiger partial charge in [-0.15, -0.1) is 12.4 Å². The Labute approximate surface area is 104 Å². The van der Waals surface area contributed by atoms with Crippen molar-refractivity contribution in [2.45, 2.75) is 39.5 Å². The Balaban J connectivity index is 0. The van der Waals surface area contributed by atoms with Gasteiger partial charge in [0.25, 0.3) is 0 Å². The van der Waals surface area contributed by atoms with Crippen LogP contribution < -0.4 is 11.5 Å². The molecule has 16 heavy (non-hydrogen) atoms. The molecule has 0 saturated carbocycles. The average Bonchev–Trinajstić information content (AvgIpc) is 2.17. The van der Waals surface area contributed by atoms with E-state index in [2.05, 4.69) is 18.8 Å². The minimum Gasteiger partial charge on any atom is -0.370 e. The zero-order chi connectivity index (χ0) is 11.7. The van der Waals surface area contributed by atoms with Gasteiger partial charge in [0.05, 0.1) is 0 Å². The number of hydrogen-bond acceptors (Lipinski definition) is 1. The van der Waals surface area contributed by atoms with Gasteiger partial charge in [0.2, 0.25) is 5.96 Å². The summed E-state index contributed by atoms with van der Waals surface area (Å²) in [7, 11) is 0. The van der Waals surface area contributed by atoms with Crippen LogP contribution in [0.25, 0.3) is 0 Å². The minimum absolute atomic E-state index is 0. The Morgan fingerprint density at radius 3 is 1.88 bits per heavy atom. The third-order valence-electron chi connectivity index (χ3n) is 2.10. The number of nitrogens with zero attached hydrogens (tertiary/aromatic N) is 2. The number of hydrogen-bond donors (Lipinski definition) is 3. The van der Waals surface area contributed by atoms with E-state index in [0.29, 0.717) is 0 Å². The first kappa shape index (κ1) is 17.4. The van der Waals surface area contributed by atoms with E-state index in [1.807, 2.05) is 4.90 Å². The topological polar surface area (TPSA) is 91.5 Å². The third-order valence-corrected chi connectivity index (χ3v) is 2.10. The van der Waals surface area contributed by atoms with E-state index in [1.54, 1.807) is 0 Å². The Bertz CT molecular complexity index is 205. The quantitative estimate of drug-likeness (QED) is 0.492. The lowest BCUT2D eigenvalue weighted by Crippen LogP contribution is -2.34. The van der Waals surface area contributed by atoms with Gasteiger partial charge in [0, 0.05) is 13.1 Å². The van der Waals surface area contributed by atoms with Crippen LogP contribution in [0.4, 0.5) is 0 Å². The van der Waals surface area contributed by atoms with Gasteiger partial charge in [0.1, 0.15) is 0 Å². The lowest BCUT2D eigenvalue weighted by molar-refractivity contribution is 0.392. The average molecular weight is 250 g/mol. The Morgan fingerprint density at radius 1 is 1.12 bits per heavy atom. The van der Waals surface area contributed by atoms with E-state index in [1.165, 1.54) is 0 Å². The summed E-state index contributed by atoms with van der Waals surface area (Å²) in [5.41, 5.74) is 10.5. The fourth-order valence-electron chi connectivity index (χ4n) is 1.21. The molecule has 0 radical (unpaired) electrons. The largest absolute Gasteiger partial charge is 0.370 e. The van der Waals surface area contributed by atoms with Crippen molar-refractivity contribution < 1.29 is 0 Å². The van der Waals surface area contributed by atoms with Gasteiger partial charge in [-0.3, -0.25) is 5.41 Å². The number of rotatable bonds is 6. The van der Waals surface area contributed by atoms with Crippen molar-refractivity contribution in [1.82, 2.24) is 4.90 Å². The van der Waals surface area contributed by atoms with Gasteiger partial charge >= 0.3 is 0 Å². The molecule has 0 rings (SSSR count). The molecule has 5 nitrogen and oxygen atoms in total. The maximum atomic E-state index is 7.71. The zero-order valence-corrected chi connectivity index (χ0v) is 11.0. The highest BCUT2D eigenvalue weighted by atomic mass is 35.5. The second-order valence-corrected chi connectivity index (χ2v) is 3.55. The van der Waals surface area contributed by atoms with Crippen molar-refractivity contribution in [3.8, 4) is 0 Å². The second kappa shape index (κ2) is 10.5. The Morgan fingerprint density at radius 2 is 1.56 bits per heavy atom. The van der Waals surface area contributed by atoms with Crippen LogP contribution in [0.1, 0.15) is 39.5 Å². The molecule has 0 aromatic rings. The maximum absolute atomic E-state index is 7.71. The predicted molar refractivity (Wildman–Crippen MR) is 72.2 cm³/mol. The summed E-state index contributed by atoms with van der Waals surface area (Å²) in [6.07, 6.45) is 4.34. The summed E-state index contributed by atoms with van der Waals surface area (Å²) in [5.74, 6) is 0.134. The van der Waals surface area contributed by atoms with Crippen LogP contribution in [0.3, 0.4) is 0 Å². The standard InChI is InChI=1S/C10H23N5.ClH/c1-3-5-7-15(8-6-4-2)10(13)14-9(11)12;/h3-8H2,1-2H3,(H5,11,12,13,14);1H. The first-order valence-electron chi connectivity index (χ1n) is 5.54. The van der Waals surface area contributed by atoms with Gasteiger partial charge in [-0.05, 0) is 12.8 Å². The van der Waals surface area contributed by atoms with E-state index in [-0.39, 0.29) is 24.3 Å². The van der Waals surface area contributed by atoms with Crippen LogP contribution in [0.5, 0.6) is 0 Å². The number of unbranched alkanes of at least 4 members (excludes halogenated alkanes) is 2. The molecule has 0 unspecified atom stereocenters. The molecule has 0 amide bonds. The molecule has 0 spiro atoms. The van der Waals surface area contributed by atoms with Crippen LogP contribution in [0.2, 0.25) is 0 Å². The number of halogens is 1. The molecular weight excluding hydrogens is 226 g/mol. The van der Waals surface area contributed by atoms with Gasteiger partial charge in [0.15, 0.2) is 5.96 Å². The Kier molecular flexibility index (Phi) is 11.5. The van der Waals surface area contributed by atoms with E-state index in [9.17, 15) is 0 Å². The number of nitrogens with one attached hydrogen (secondary N) is 1. The molecular formula is C10H24ClN5. The normalized spacial score (nSPS) is 9.12. The first-order chi connectivity index (χ1) is 7.11. The van der Waals surface area contributed by atoms with E-state index >= 15 is 0 Å². The molecule has 5 N–H and O–H groups in total. The van der Waals surface area contributed by atoms with Gasteiger partial charge in [-0.1, -0.05) is 26.7 Å². The molecule has 0 aliphatic rings. The predicted octanol–water partition coefficient (Wildman–Crippen LogP) is 1.52. The van der Waals surface area contributed by atoms with Crippen LogP contribution in [0.15, 0.2) is 4.99 Å². The van der Waals surface area contributed by atoms with Crippen LogP contribution in [-0.4, -0.2) is 29.9 Å². The molecule has 0 bridgehead atoms. The van der Waals surface area contributed by atoms with Gasteiger partial charge in [-0.25, -0.2) is 0 Å². The van der Waals surface area contributed by atoms with Crippen molar-refractivity contribution in [1.29, 1.82) is 5.41 Å². The molecule has 0 aromatic carbocycles. The monoisotopic (exact) mass is 249 g/mol. The lowest BCUT2D eigenvalue weighted by Gasteiger charge is -2.22.